The standard InChI is InChI=1S/C14H24N4O3/c1-14(2,3)20-13(19)18-8-4-5-11(18)9-15-7-6-12-16-10-17-21-12/h10-11,15H,4-9H2,1-3H3. The van der Waals surface area contributed by atoms with Gasteiger partial charge in [0.25, 0.3) is 0 Å². The van der Waals surface area contributed by atoms with Crippen molar-refractivity contribution in [3.63, 3.8) is 0 Å². The Kier molecular flexibility index (Phi) is 5.17. The SMILES string of the molecule is CC(C)(C)OC(=O)N1CCCC1CNCCc1ncno1. The lowest BCUT2D eigenvalue weighted by Crippen LogP contribution is -2.44. The van der Waals surface area contributed by atoms with Crippen LogP contribution in [-0.4, -0.2) is 52.4 Å². The van der Waals surface area contributed by atoms with E-state index in [9.17, 15) is 4.79 Å². The Labute approximate surface area is 125 Å². The molecule has 118 valence electrons. The molecule has 1 aliphatic rings. The second-order valence-corrected chi connectivity index (χ2v) is 6.26. The zero-order valence-electron chi connectivity index (χ0n) is 13.0. The van der Waals surface area contributed by atoms with Gasteiger partial charge >= 0.3 is 6.09 Å². The first-order valence-corrected chi connectivity index (χ1v) is 7.41. The molecule has 21 heavy (non-hydrogen) atoms. The van der Waals surface area contributed by atoms with Crippen LogP contribution in [-0.2, 0) is 11.2 Å². The third-order valence-corrected chi connectivity index (χ3v) is 3.31. The van der Waals surface area contributed by atoms with Gasteiger partial charge < -0.3 is 19.5 Å². The molecule has 7 heteroatoms. The van der Waals surface area contributed by atoms with Crippen LogP contribution in [0.4, 0.5) is 4.79 Å². The summed E-state index contributed by atoms with van der Waals surface area (Å²) in [5.41, 5.74) is -0.449. The van der Waals surface area contributed by atoms with E-state index in [0.717, 1.165) is 32.5 Å². The van der Waals surface area contributed by atoms with Gasteiger partial charge in [0.15, 0.2) is 6.33 Å². The minimum absolute atomic E-state index is 0.197. The van der Waals surface area contributed by atoms with Crippen LogP contribution in [0.2, 0.25) is 0 Å². The fourth-order valence-electron chi connectivity index (χ4n) is 2.38. The highest BCUT2D eigenvalue weighted by atomic mass is 16.6. The predicted octanol–water partition coefficient (Wildman–Crippen LogP) is 1.60. The van der Waals surface area contributed by atoms with Crippen molar-refractivity contribution in [3.05, 3.63) is 12.2 Å². The van der Waals surface area contributed by atoms with Crippen molar-refractivity contribution in [2.75, 3.05) is 19.6 Å². The molecule has 0 aliphatic carbocycles. The van der Waals surface area contributed by atoms with Crippen LogP contribution in [0.25, 0.3) is 0 Å². The third-order valence-electron chi connectivity index (χ3n) is 3.31. The summed E-state index contributed by atoms with van der Waals surface area (Å²) < 4.78 is 10.4. The highest BCUT2D eigenvalue weighted by Gasteiger charge is 2.31. The quantitative estimate of drug-likeness (QED) is 0.831. The van der Waals surface area contributed by atoms with Crippen molar-refractivity contribution in [2.24, 2.45) is 0 Å². The van der Waals surface area contributed by atoms with Crippen molar-refractivity contribution in [2.45, 2.75) is 51.7 Å². The molecule has 0 aromatic carbocycles. The second kappa shape index (κ2) is 6.89. The number of aromatic nitrogens is 2. The van der Waals surface area contributed by atoms with Crippen LogP contribution in [0.15, 0.2) is 10.9 Å². The van der Waals surface area contributed by atoms with Gasteiger partial charge in [0.1, 0.15) is 5.60 Å². The summed E-state index contributed by atoms with van der Waals surface area (Å²) in [6, 6.07) is 0.197. The molecule has 1 saturated heterocycles. The molecule has 2 heterocycles. The number of hydrogen-bond donors (Lipinski definition) is 1. The van der Waals surface area contributed by atoms with Gasteiger partial charge in [-0.25, -0.2) is 4.79 Å². The van der Waals surface area contributed by atoms with Gasteiger partial charge in [0.2, 0.25) is 5.89 Å². The molecule has 1 aromatic rings. The Bertz CT molecular complexity index is 442. The maximum atomic E-state index is 12.1. The Balaban J connectivity index is 1.72. The summed E-state index contributed by atoms with van der Waals surface area (Å²) >= 11 is 0. The number of rotatable bonds is 5. The zero-order valence-corrected chi connectivity index (χ0v) is 13.0. The predicted molar refractivity (Wildman–Crippen MR) is 76.8 cm³/mol. The van der Waals surface area contributed by atoms with Gasteiger partial charge in [-0.2, -0.15) is 4.98 Å². The fraction of sp³-hybridized carbons (Fsp3) is 0.786. The lowest BCUT2D eigenvalue weighted by Gasteiger charge is -2.28. The summed E-state index contributed by atoms with van der Waals surface area (Å²) in [6.07, 6.45) is 3.90. The highest BCUT2D eigenvalue weighted by molar-refractivity contribution is 5.69. The van der Waals surface area contributed by atoms with Gasteiger partial charge in [-0.05, 0) is 33.6 Å². The van der Waals surface area contributed by atoms with Crippen LogP contribution >= 0.6 is 0 Å². The number of ether oxygens (including phenoxy) is 1. The molecule has 1 atom stereocenters. The molecule has 1 fully saturated rings. The first-order chi connectivity index (χ1) is 9.96. The van der Waals surface area contributed by atoms with E-state index >= 15 is 0 Å². The van der Waals surface area contributed by atoms with Crippen molar-refractivity contribution in [1.82, 2.24) is 20.4 Å². The minimum atomic E-state index is -0.449. The molecule has 0 bridgehead atoms. The van der Waals surface area contributed by atoms with Gasteiger partial charge in [0, 0.05) is 32.1 Å². The van der Waals surface area contributed by atoms with E-state index in [4.69, 9.17) is 9.26 Å². The number of amides is 1. The lowest BCUT2D eigenvalue weighted by atomic mass is 10.2. The third kappa shape index (κ3) is 5.00. The number of carbonyl (C=O) groups is 1. The molecular weight excluding hydrogens is 272 g/mol. The lowest BCUT2D eigenvalue weighted by molar-refractivity contribution is 0.0226. The Morgan fingerprint density at radius 1 is 1.57 bits per heavy atom. The zero-order chi connectivity index (χ0) is 15.3. The topological polar surface area (TPSA) is 80.5 Å². The van der Waals surface area contributed by atoms with E-state index in [2.05, 4.69) is 15.5 Å². The normalized spacial score (nSPS) is 19.0. The largest absolute Gasteiger partial charge is 0.444 e. The van der Waals surface area contributed by atoms with Gasteiger partial charge in [-0.1, -0.05) is 5.16 Å². The molecule has 2 rings (SSSR count). The summed E-state index contributed by atoms with van der Waals surface area (Å²) in [5.74, 6) is 0.623. The van der Waals surface area contributed by atoms with E-state index in [1.165, 1.54) is 6.33 Å². The average Bonchev–Trinajstić information content (AvgIpc) is 3.04. The number of hydrogen-bond acceptors (Lipinski definition) is 6. The molecule has 0 spiro atoms. The number of carbonyl (C=O) groups excluding carboxylic acids is 1. The van der Waals surface area contributed by atoms with Crippen LogP contribution in [0, 0.1) is 0 Å². The average molecular weight is 296 g/mol. The monoisotopic (exact) mass is 296 g/mol. The molecular formula is C14H24N4O3. The van der Waals surface area contributed by atoms with Gasteiger partial charge in [-0.15, -0.1) is 0 Å². The molecule has 1 aliphatic heterocycles. The molecule has 1 amide bonds. The van der Waals surface area contributed by atoms with Crippen LogP contribution in [0.5, 0.6) is 0 Å². The molecule has 0 radical (unpaired) electrons. The Hall–Kier alpha value is -1.63. The second-order valence-electron chi connectivity index (χ2n) is 6.26. The maximum absolute atomic E-state index is 12.1. The highest BCUT2D eigenvalue weighted by Crippen LogP contribution is 2.20. The van der Waals surface area contributed by atoms with Crippen molar-refractivity contribution < 1.29 is 14.1 Å². The van der Waals surface area contributed by atoms with Gasteiger partial charge in [0.05, 0.1) is 0 Å². The van der Waals surface area contributed by atoms with Crippen LogP contribution in [0.3, 0.4) is 0 Å². The Morgan fingerprint density at radius 2 is 2.38 bits per heavy atom. The van der Waals surface area contributed by atoms with E-state index in [1.54, 1.807) is 0 Å². The molecule has 1 unspecified atom stereocenters. The first kappa shape index (κ1) is 15.8. The van der Waals surface area contributed by atoms with E-state index < -0.39 is 5.60 Å². The van der Waals surface area contributed by atoms with Crippen LogP contribution < -0.4 is 5.32 Å². The molecule has 1 aromatic heterocycles. The first-order valence-electron chi connectivity index (χ1n) is 7.41. The number of likely N-dealkylation sites (tertiary alicyclic amines) is 1. The summed E-state index contributed by atoms with van der Waals surface area (Å²) in [5, 5.41) is 6.90. The minimum Gasteiger partial charge on any atom is -0.444 e. The van der Waals surface area contributed by atoms with Crippen molar-refractivity contribution >= 4 is 6.09 Å². The summed E-state index contributed by atoms with van der Waals surface area (Å²) in [7, 11) is 0. The van der Waals surface area contributed by atoms with Gasteiger partial charge in [-0.3, -0.25) is 0 Å². The number of nitrogens with one attached hydrogen (secondary N) is 1. The summed E-state index contributed by atoms with van der Waals surface area (Å²) in [6.45, 7) is 7.94. The van der Waals surface area contributed by atoms with E-state index in [-0.39, 0.29) is 12.1 Å². The van der Waals surface area contributed by atoms with E-state index in [1.807, 2.05) is 25.7 Å². The molecule has 1 N–H and O–H groups in total. The maximum Gasteiger partial charge on any atom is 0.410 e. The molecule has 7 nitrogen and oxygen atoms in total. The summed E-state index contributed by atoms with van der Waals surface area (Å²) in [4.78, 5) is 17.9. The van der Waals surface area contributed by atoms with E-state index in [0.29, 0.717) is 12.3 Å². The number of nitrogens with zero attached hydrogens (tertiary/aromatic N) is 3. The molecule has 0 saturated carbocycles. The van der Waals surface area contributed by atoms with Crippen molar-refractivity contribution in [3.8, 4) is 0 Å². The van der Waals surface area contributed by atoms with Crippen LogP contribution in [0.1, 0.15) is 39.5 Å². The Morgan fingerprint density at radius 3 is 3.05 bits per heavy atom. The fourth-order valence-corrected chi connectivity index (χ4v) is 2.38. The van der Waals surface area contributed by atoms with Crippen molar-refractivity contribution in [1.29, 1.82) is 0 Å². The smallest absolute Gasteiger partial charge is 0.410 e.